The predicted molar refractivity (Wildman–Crippen MR) is 64.3 cm³/mol. The van der Waals surface area contributed by atoms with Crippen LogP contribution in [-0.2, 0) is 18.9 Å². The lowest BCUT2D eigenvalue weighted by molar-refractivity contribution is -0.115. The van der Waals surface area contributed by atoms with E-state index in [0.717, 1.165) is 11.1 Å². The van der Waals surface area contributed by atoms with Crippen molar-refractivity contribution in [3.63, 3.8) is 0 Å². The monoisotopic (exact) mass is 233 g/mol. The van der Waals surface area contributed by atoms with E-state index in [9.17, 15) is 4.79 Å². The Hall–Kier alpha value is -2.11. The van der Waals surface area contributed by atoms with Gasteiger partial charge in [0, 0.05) is 44.0 Å². The molecule has 1 amide bonds. The van der Waals surface area contributed by atoms with Crippen LogP contribution in [0.5, 0.6) is 0 Å². The molecule has 2 aromatic heterocycles. The average molecular weight is 233 g/mol. The van der Waals surface area contributed by atoms with E-state index in [1.54, 1.807) is 15.6 Å². The van der Waals surface area contributed by atoms with Crippen LogP contribution in [0.15, 0.2) is 18.6 Å². The van der Waals surface area contributed by atoms with Crippen LogP contribution in [0.25, 0.3) is 11.1 Å². The van der Waals surface area contributed by atoms with Crippen molar-refractivity contribution < 1.29 is 4.79 Å². The lowest BCUT2D eigenvalue weighted by Crippen LogP contribution is -2.10. The molecule has 0 aliphatic heterocycles. The standard InChI is InChI=1S/C11H15N5O/c1-4-10(17)13-11-9(7-16(3)14-11)8-5-12-15(2)6-8/h5-7H,4H2,1-3H3,(H,13,14,17). The minimum atomic E-state index is -0.0474. The van der Waals surface area contributed by atoms with Crippen molar-refractivity contribution >= 4 is 11.7 Å². The highest BCUT2D eigenvalue weighted by Crippen LogP contribution is 2.25. The molecule has 0 saturated heterocycles. The van der Waals surface area contributed by atoms with Gasteiger partial charge in [0.25, 0.3) is 0 Å². The summed E-state index contributed by atoms with van der Waals surface area (Å²) in [4.78, 5) is 11.4. The number of carbonyl (C=O) groups excluding carboxylic acids is 1. The summed E-state index contributed by atoms with van der Waals surface area (Å²) in [5.41, 5.74) is 1.81. The summed E-state index contributed by atoms with van der Waals surface area (Å²) in [6.45, 7) is 1.81. The summed E-state index contributed by atoms with van der Waals surface area (Å²) in [6.07, 6.45) is 5.93. The maximum absolute atomic E-state index is 11.4. The van der Waals surface area contributed by atoms with Crippen LogP contribution < -0.4 is 5.32 Å². The first-order valence-electron chi connectivity index (χ1n) is 5.42. The Morgan fingerprint density at radius 3 is 2.71 bits per heavy atom. The molecule has 0 saturated carbocycles. The number of anilines is 1. The molecule has 0 bridgehead atoms. The van der Waals surface area contributed by atoms with Gasteiger partial charge in [0.05, 0.1) is 6.20 Å². The van der Waals surface area contributed by atoms with Crippen LogP contribution in [-0.4, -0.2) is 25.5 Å². The second kappa shape index (κ2) is 4.40. The van der Waals surface area contributed by atoms with Gasteiger partial charge >= 0.3 is 0 Å². The second-order valence-electron chi connectivity index (χ2n) is 3.87. The minimum absolute atomic E-state index is 0.0474. The maximum atomic E-state index is 11.4. The number of nitrogens with zero attached hydrogens (tertiary/aromatic N) is 4. The van der Waals surface area contributed by atoms with Gasteiger partial charge in [0.2, 0.25) is 5.91 Å². The zero-order valence-electron chi connectivity index (χ0n) is 10.1. The van der Waals surface area contributed by atoms with Gasteiger partial charge in [-0.1, -0.05) is 6.92 Å². The van der Waals surface area contributed by atoms with Crippen LogP contribution in [0.4, 0.5) is 5.82 Å². The Balaban J connectivity index is 2.36. The van der Waals surface area contributed by atoms with Gasteiger partial charge < -0.3 is 5.32 Å². The van der Waals surface area contributed by atoms with Gasteiger partial charge in [-0.15, -0.1) is 0 Å². The quantitative estimate of drug-likeness (QED) is 0.865. The number of aryl methyl sites for hydroxylation is 2. The normalized spacial score (nSPS) is 10.5. The van der Waals surface area contributed by atoms with Gasteiger partial charge in [-0.05, 0) is 0 Å². The summed E-state index contributed by atoms with van der Waals surface area (Å²) >= 11 is 0. The third-order valence-corrected chi connectivity index (χ3v) is 2.42. The molecule has 2 rings (SSSR count). The number of amides is 1. The lowest BCUT2D eigenvalue weighted by atomic mass is 10.2. The Labute approximate surface area is 99.2 Å². The second-order valence-corrected chi connectivity index (χ2v) is 3.87. The van der Waals surface area contributed by atoms with Gasteiger partial charge in [-0.3, -0.25) is 14.2 Å². The Bertz CT molecular complexity index is 540. The molecule has 90 valence electrons. The van der Waals surface area contributed by atoms with Crippen LogP contribution in [0.1, 0.15) is 13.3 Å². The SMILES string of the molecule is CCC(=O)Nc1nn(C)cc1-c1cnn(C)c1. The maximum Gasteiger partial charge on any atom is 0.225 e. The lowest BCUT2D eigenvalue weighted by Gasteiger charge is -2.01. The molecular weight excluding hydrogens is 218 g/mol. The van der Waals surface area contributed by atoms with E-state index >= 15 is 0 Å². The van der Waals surface area contributed by atoms with Crippen LogP contribution in [0.3, 0.4) is 0 Å². The molecule has 0 unspecified atom stereocenters. The van der Waals surface area contributed by atoms with Crippen molar-refractivity contribution in [2.24, 2.45) is 14.1 Å². The van der Waals surface area contributed by atoms with E-state index < -0.39 is 0 Å². The summed E-state index contributed by atoms with van der Waals surface area (Å²) in [5, 5.41) is 11.1. The highest BCUT2D eigenvalue weighted by atomic mass is 16.1. The van der Waals surface area contributed by atoms with Crippen LogP contribution >= 0.6 is 0 Å². The minimum Gasteiger partial charge on any atom is -0.309 e. The first-order chi connectivity index (χ1) is 8.10. The van der Waals surface area contributed by atoms with Gasteiger partial charge in [0.15, 0.2) is 5.82 Å². The number of nitrogens with one attached hydrogen (secondary N) is 1. The van der Waals surface area contributed by atoms with Crippen molar-refractivity contribution in [3.8, 4) is 11.1 Å². The van der Waals surface area contributed by atoms with Crippen molar-refractivity contribution in [2.75, 3.05) is 5.32 Å². The third kappa shape index (κ3) is 2.35. The molecule has 0 fully saturated rings. The Morgan fingerprint density at radius 1 is 1.35 bits per heavy atom. The Morgan fingerprint density at radius 2 is 2.12 bits per heavy atom. The zero-order valence-corrected chi connectivity index (χ0v) is 10.1. The fourth-order valence-corrected chi connectivity index (χ4v) is 1.57. The predicted octanol–water partition coefficient (Wildman–Crippen LogP) is 1.17. The topological polar surface area (TPSA) is 64.7 Å². The number of rotatable bonds is 3. The highest BCUT2D eigenvalue weighted by molar-refractivity contribution is 5.93. The smallest absolute Gasteiger partial charge is 0.225 e. The van der Waals surface area contributed by atoms with Gasteiger partial charge in [-0.2, -0.15) is 10.2 Å². The van der Waals surface area contributed by atoms with Gasteiger partial charge in [0.1, 0.15) is 0 Å². The summed E-state index contributed by atoms with van der Waals surface area (Å²) in [6, 6.07) is 0. The van der Waals surface area contributed by atoms with E-state index in [-0.39, 0.29) is 5.91 Å². The molecule has 0 aliphatic carbocycles. The first kappa shape index (κ1) is 11.4. The van der Waals surface area contributed by atoms with Crippen LogP contribution in [0, 0.1) is 0 Å². The third-order valence-electron chi connectivity index (χ3n) is 2.42. The zero-order chi connectivity index (χ0) is 12.4. The van der Waals surface area contributed by atoms with E-state index in [2.05, 4.69) is 15.5 Å². The molecule has 6 heteroatoms. The van der Waals surface area contributed by atoms with E-state index in [1.165, 1.54) is 0 Å². The van der Waals surface area contributed by atoms with Crippen molar-refractivity contribution in [2.45, 2.75) is 13.3 Å². The molecule has 0 atom stereocenters. The molecule has 17 heavy (non-hydrogen) atoms. The molecule has 6 nitrogen and oxygen atoms in total. The molecule has 2 aromatic rings. The van der Waals surface area contributed by atoms with Crippen LogP contribution in [0.2, 0.25) is 0 Å². The van der Waals surface area contributed by atoms with Crippen molar-refractivity contribution in [3.05, 3.63) is 18.6 Å². The van der Waals surface area contributed by atoms with Crippen molar-refractivity contribution in [1.82, 2.24) is 19.6 Å². The molecule has 0 spiro atoms. The van der Waals surface area contributed by atoms with E-state index in [1.807, 2.05) is 33.4 Å². The largest absolute Gasteiger partial charge is 0.309 e. The molecule has 0 aliphatic rings. The van der Waals surface area contributed by atoms with Gasteiger partial charge in [-0.25, -0.2) is 0 Å². The molecule has 1 N–H and O–H groups in total. The van der Waals surface area contributed by atoms with E-state index in [4.69, 9.17) is 0 Å². The summed E-state index contributed by atoms with van der Waals surface area (Å²) in [5.74, 6) is 0.529. The number of hydrogen-bond donors (Lipinski definition) is 1. The number of carbonyl (C=O) groups is 1. The summed E-state index contributed by atoms with van der Waals surface area (Å²) in [7, 11) is 3.67. The number of hydrogen-bond acceptors (Lipinski definition) is 3. The van der Waals surface area contributed by atoms with E-state index in [0.29, 0.717) is 12.2 Å². The summed E-state index contributed by atoms with van der Waals surface area (Å²) < 4.78 is 3.39. The fourth-order valence-electron chi connectivity index (χ4n) is 1.57. The first-order valence-corrected chi connectivity index (χ1v) is 5.42. The molecule has 0 aromatic carbocycles. The molecular formula is C11H15N5O. The highest BCUT2D eigenvalue weighted by Gasteiger charge is 2.13. The fraction of sp³-hybridized carbons (Fsp3) is 0.364. The average Bonchev–Trinajstić information content (AvgIpc) is 2.85. The Kier molecular flexibility index (Phi) is 2.95. The van der Waals surface area contributed by atoms with Crippen molar-refractivity contribution in [1.29, 1.82) is 0 Å². The number of aromatic nitrogens is 4. The molecule has 0 radical (unpaired) electrons. The molecule has 2 heterocycles.